The minimum Gasteiger partial charge on any atom is -0.507 e. The smallest absolute Gasteiger partial charge is 0.251 e. The number of carbonyl (C=O) groups is 1. The zero-order chi connectivity index (χ0) is 23.7. The lowest BCUT2D eigenvalue weighted by Crippen LogP contribution is -2.52. The van der Waals surface area contributed by atoms with E-state index in [1.165, 1.54) is 18.2 Å². The van der Waals surface area contributed by atoms with Gasteiger partial charge >= 0.3 is 0 Å². The molecule has 34 heavy (non-hydrogen) atoms. The summed E-state index contributed by atoms with van der Waals surface area (Å²) in [4.78, 5) is 25.5. The Labute approximate surface area is 204 Å². The Morgan fingerprint density at radius 1 is 1.12 bits per heavy atom. The molecule has 1 aliphatic heterocycles. The lowest BCUT2D eigenvalue weighted by molar-refractivity contribution is -0.141. The lowest BCUT2D eigenvalue weighted by atomic mass is 10.0. The Hall–Kier alpha value is -2.97. The molecule has 0 spiro atoms. The standard InChI is InChI=1S/C25H29FN4O3.ClH/c1-15(2)13-21(32)25(33)30-11-9-29(10-12-30)24-17-8-7-16(3)14-19(17)27-23(28-24)22-18(26)5-4-6-20(22)31;/h4-8,14-15,21,31-32H,9-13H2,1-3H3;1H. The van der Waals surface area contributed by atoms with Gasteiger partial charge in [0.15, 0.2) is 5.82 Å². The van der Waals surface area contributed by atoms with Crippen molar-refractivity contribution in [2.24, 2.45) is 5.92 Å². The highest BCUT2D eigenvalue weighted by Crippen LogP contribution is 2.34. The summed E-state index contributed by atoms with van der Waals surface area (Å²) in [7, 11) is 0. The third-order valence-corrected chi connectivity index (χ3v) is 5.92. The third-order valence-electron chi connectivity index (χ3n) is 5.92. The van der Waals surface area contributed by atoms with E-state index in [1.807, 2.05) is 43.9 Å². The number of nitrogens with zero attached hydrogens (tertiary/aromatic N) is 4. The van der Waals surface area contributed by atoms with Crippen molar-refractivity contribution in [2.75, 3.05) is 31.1 Å². The molecule has 0 bridgehead atoms. The Kier molecular flexibility index (Phi) is 7.94. The topological polar surface area (TPSA) is 89.8 Å². The molecule has 4 rings (SSSR count). The van der Waals surface area contributed by atoms with Crippen molar-refractivity contribution >= 4 is 35.0 Å². The van der Waals surface area contributed by atoms with Gasteiger partial charge in [-0.1, -0.05) is 26.0 Å². The number of anilines is 1. The van der Waals surface area contributed by atoms with Crippen LogP contribution in [-0.4, -0.2) is 63.3 Å². The van der Waals surface area contributed by atoms with E-state index in [0.29, 0.717) is 43.9 Å². The van der Waals surface area contributed by atoms with Gasteiger partial charge in [0.05, 0.1) is 11.1 Å². The molecule has 0 radical (unpaired) electrons. The molecule has 7 nitrogen and oxygen atoms in total. The van der Waals surface area contributed by atoms with E-state index >= 15 is 0 Å². The zero-order valence-electron chi connectivity index (χ0n) is 19.5. The number of aromatic nitrogens is 2. The number of aliphatic hydroxyl groups excluding tert-OH is 1. The van der Waals surface area contributed by atoms with E-state index in [0.717, 1.165) is 10.9 Å². The van der Waals surface area contributed by atoms with Crippen molar-refractivity contribution < 1.29 is 19.4 Å². The number of phenolic OH excluding ortho intramolecular Hbond substituents is 1. The van der Waals surface area contributed by atoms with E-state index < -0.39 is 11.9 Å². The fourth-order valence-electron chi connectivity index (χ4n) is 4.21. The molecule has 1 fully saturated rings. The monoisotopic (exact) mass is 488 g/mol. The summed E-state index contributed by atoms with van der Waals surface area (Å²) in [6.45, 7) is 7.83. The van der Waals surface area contributed by atoms with Crippen LogP contribution in [0.2, 0.25) is 0 Å². The first kappa shape index (κ1) is 25.6. The van der Waals surface area contributed by atoms with Gasteiger partial charge in [0.1, 0.15) is 23.5 Å². The van der Waals surface area contributed by atoms with Gasteiger partial charge in [-0.15, -0.1) is 12.4 Å². The molecule has 9 heteroatoms. The normalized spacial score (nSPS) is 14.9. The fourth-order valence-corrected chi connectivity index (χ4v) is 4.21. The highest BCUT2D eigenvalue weighted by atomic mass is 35.5. The van der Waals surface area contributed by atoms with Gasteiger partial charge in [0.2, 0.25) is 0 Å². The number of amides is 1. The molecule has 1 aliphatic rings. The average Bonchev–Trinajstić information content (AvgIpc) is 2.77. The van der Waals surface area contributed by atoms with Crippen LogP contribution >= 0.6 is 12.4 Å². The summed E-state index contributed by atoms with van der Waals surface area (Å²) < 4.78 is 14.6. The molecule has 0 aliphatic carbocycles. The minimum absolute atomic E-state index is 0. The van der Waals surface area contributed by atoms with Gasteiger partial charge in [0.25, 0.3) is 5.91 Å². The number of fused-ring (bicyclic) bond motifs is 1. The van der Waals surface area contributed by atoms with Crippen LogP contribution in [0.3, 0.4) is 0 Å². The van der Waals surface area contributed by atoms with Gasteiger partial charge in [-0.3, -0.25) is 4.79 Å². The van der Waals surface area contributed by atoms with Crippen molar-refractivity contribution in [3.63, 3.8) is 0 Å². The van der Waals surface area contributed by atoms with Crippen LogP contribution in [0.4, 0.5) is 10.2 Å². The van der Waals surface area contributed by atoms with E-state index in [1.54, 1.807) is 4.90 Å². The number of aromatic hydroxyl groups is 1. The number of benzene rings is 2. The van der Waals surface area contributed by atoms with Crippen molar-refractivity contribution in [1.29, 1.82) is 0 Å². The van der Waals surface area contributed by atoms with E-state index in [4.69, 9.17) is 0 Å². The summed E-state index contributed by atoms with van der Waals surface area (Å²) >= 11 is 0. The summed E-state index contributed by atoms with van der Waals surface area (Å²) in [5.41, 5.74) is 1.63. The van der Waals surface area contributed by atoms with Gasteiger partial charge in [-0.05, 0) is 49.1 Å². The van der Waals surface area contributed by atoms with E-state index in [2.05, 4.69) is 9.97 Å². The highest BCUT2D eigenvalue weighted by Gasteiger charge is 2.28. The highest BCUT2D eigenvalue weighted by molar-refractivity contribution is 5.92. The number of carbonyl (C=O) groups excluding carboxylic acids is 1. The van der Waals surface area contributed by atoms with Crippen LogP contribution in [0.15, 0.2) is 36.4 Å². The summed E-state index contributed by atoms with van der Waals surface area (Å²) in [5, 5.41) is 21.3. The number of piperazine rings is 1. The zero-order valence-corrected chi connectivity index (χ0v) is 20.3. The van der Waals surface area contributed by atoms with Gasteiger partial charge in [-0.25, -0.2) is 14.4 Å². The molecule has 0 saturated carbocycles. The molecule has 1 unspecified atom stereocenters. The Morgan fingerprint density at radius 3 is 2.47 bits per heavy atom. The third kappa shape index (κ3) is 5.23. The molecule has 1 atom stereocenters. The largest absolute Gasteiger partial charge is 0.507 e. The molecule has 3 aromatic rings. The van der Waals surface area contributed by atoms with Crippen LogP contribution < -0.4 is 4.90 Å². The maximum atomic E-state index is 14.6. The number of phenols is 1. The number of aryl methyl sites for hydroxylation is 1. The molecule has 1 saturated heterocycles. The van der Waals surface area contributed by atoms with Crippen LogP contribution in [0.25, 0.3) is 22.3 Å². The van der Waals surface area contributed by atoms with Crippen LogP contribution in [0.1, 0.15) is 25.8 Å². The number of rotatable bonds is 5. The predicted molar refractivity (Wildman–Crippen MR) is 133 cm³/mol. The second-order valence-corrected chi connectivity index (χ2v) is 8.98. The first-order valence-electron chi connectivity index (χ1n) is 11.2. The average molecular weight is 489 g/mol. The minimum atomic E-state index is -0.991. The molecule has 1 aromatic heterocycles. The quantitative estimate of drug-likeness (QED) is 0.565. The molecular weight excluding hydrogens is 459 g/mol. The maximum absolute atomic E-state index is 14.6. The first-order valence-corrected chi connectivity index (χ1v) is 11.2. The second kappa shape index (κ2) is 10.5. The van der Waals surface area contributed by atoms with Crippen LogP contribution in [-0.2, 0) is 4.79 Å². The second-order valence-electron chi connectivity index (χ2n) is 8.98. The summed E-state index contributed by atoms with van der Waals surface area (Å²) in [6, 6.07) is 9.93. The molecular formula is C25H30ClFN4O3. The Morgan fingerprint density at radius 2 is 1.82 bits per heavy atom. The first-order chi connectivity index (χ1) is 15.7. The molecule has 2 N–H and O–H groups in total. The summed E-state index contributed by atoms with van der Waals surface area (Å²) in [5.74, 6) is -0.0835. The molecule has 182 valence electrons. The van der Waals surface area contributed by atoms with Crippen molar-refractivity contribution in [1.82, 2.24) is 14.9 Å². The molecule has 2 aromatic carbocycles. The Balaban J connectivity index is 0.00000324. The van der Waals surface area contributed by atoms with Gasteiger partial charge < -0.3 is 20.0 Å². The number of aliphatic hydroxyl groups is 1. The van der Waals surface area contributed by atoms with Gasteiger partial charge in [-0.2, -0.15) is 0 Å². The maximum Gasteiger partial charge on any atom is 0.251 e. The summed E-state index contributed by atoms with van der Waals surface area (Å²) in [6.07, 6.45) is -0.556. The molecule has 1 amide bonds. The van der Waals surface area contributed by atoms with Crippen LogP contribution in [0.5, 0.6) is 5.75 Å². The number of hydrogen-bond donors (Lipinski definition) is 2. The van der Waals surface area contributed by atoms with Crippen molar-refractivity contribution in [3.8, 4) is 17.1 Å². The van der Waals surface area contributed by atoms with E-state index in [9.17, 15) is 19.4 Å². The molecule has 2 heterocycles. The number of halogens is 2. The Bertz CT molecular complexity index is 1160. The van der Waals surface area contributed by atoms with Crippen molar-refractivity contribution in [3.05, 3.63) is 47.8 Å². The lowest BCUT2D eigenvalue weighted by Gasteiger charge is -2.37. The predicted octanol–water partition coefficient (Wildman–Crippen LogP) is 3.93. The SMILES string of the molecule is Cc1ccc2c(N3CCN(C(=O)C(O)CC(C)C)CC3)nc(-c3c(O)cccc3F)nc2c1.Cl. The van der Waals surface area contributed by atoms with Gasteiger partial charge in [0, 0.05) is 31.6 Å². The van der Waals surface area contributed by atoms with Crippen LogP contribution in [0, 0.1) is 18.7 Å². The van der Waals surface area contributed by atoms with E-state index in [-0.39, 0.29) is 41.4 Å². The fraction of sp³-hybridized carbons (Fsp3) is 0.400. The number of hydrogen-bond acceptors (Lipinski definition) is 6. The van der Waals surface area contributed by atoms with Crippen molar-refractivity contribution in [2.45, 2.75) is 33.3 Å².